The summed E-state index contributed by atoms with van der Waals surface area (Å²) in [6.45, 7) is 1.47. The Hall–Kier alpha value is -2.21. The number of carbonyl (C=O) groups excluding carboxylic acids is 1. The van der Waals surface area contributed by atoms with Crippen LogP contribution in [0.2, 0.25) is 0 Å². The van der Waals surface area contributed by atoms with Gasteiger partial charge in [-0.3, -0.25) is 9.59 Å². The van der Waals surface area contributed by atoms with Crippen LogP contribution in [-0.2, 0) is 11.3 Å². The zero-order valence-electron chi connectivity index (χ0n) is 11.5. The van der Waals surface area contributed by atoms with Gasteiger partial charge in [0, 0.05) is 12.4 Å². The second-order valence-corrected chi connectivity index (χ2v) is 4.73. The zero-order chi connectivity index (χ0) is 14.7. The van der Waals surface area contributed by atoms with Crippen LogP contribution in [0.3, 0.4) is 0 Å². The maximum atomic E-state index is 12.2. The lowest BCUT2D eigenvalue weighted by atomic mass is 10.2. The van der Waals surface area contributed by atoms with Gasteiger partial charge in [0.05, 0.1) is 24.2 Å². The van der Waals surface area contributed by atoms with Gasteiger partial charge in [-0.2, -0.15) is 5.10 Å². The predicted octanol–water partition coefficient (Wildman–Crippen LogP) is 0.236. The van der Waals surface area contributed by atoms with Gasteiger partial charge in [-0.05, 0) is 13.0 Å². The third-order valence-corrected chi connectivity index (χ3v) is 3.37. The van der Waals surface area contributed by atoms with E-state index in [-0.39, 0.29) is 30.7 Å². The fourth-order valence-corrected chi connectivity index (χ4v) is 1.85. The van der Waals surface area contributed by atoms with Crippen LogP contribution in [0.25, 0.3) is 10.8 Å². The molecular formula is C14H17N3O3. The summed E-state index contributed by atoms with van der Waals surface area (Å²) < 4.78 is 1.14. The summed E-state index contributed by atoms with van der Waals surface area (Å²) in [5.41, 5.74) is -0.290. The second kappa shape index (κ2) is 5.83. The molecule has 2 rings (SSSR count). The van der Waals surface area contributed by atoms with Crippen molar-refractivity contribution in [2.45, 2.75) is 19.5 Å². The van der Waals surface area contributed by atoms with Gasteiger partial charge in [0.25, 0.3) is 5.56 Å². The number of benzene rings is 1. The molecule has 0 aliphatic heterocycles. The van der Waals surface area contributed by atoms with Crippen LogP contribution in [0.1, 0.15) is 6.92 Å². The van der Waals surface area contributed by atoms with Crippen LogP contribution in [-0.4, -0.2) is 45.4 Å². The Morgan fingerprint density at radius 3 is 2.85 bits per heavy atom. The Balaban J connectivity index is 2.29. The van der Waals surface area contributed by atoms with Crippen molar-refractivity contribution in [3.63, 3.8) is 0 Å². The molecule has 0 spiro atoms. The van der Waals surface area contributed by atoms with Crippen molar-refractivity contribution < 1.29 is 9.90 Å². The van der Waals surface area contributed by atoms with E-state index in [0.717, 1.165) is 10.1 Å². The highest BCUT2D eigenvalue weighted by Crippen LogP contribution is 2.06. The first-order valence-corrected chi connectivity index (χ1v) is 6.36. The SMILES string of the molecule is CC(CO)N(C)C(=O)Cn1ncc2ccccc2c1=O. The number of nitrogens with zero attached hydrogens (tertiary/aromatic N) is 3. The lowest BCUT2D eigenvalue weighted by molar-refractivity contribution is -0.133. The van der Waals surface area contributed by atoms with Crippen LogP contribution in [0, 0.1) is 0 Å². The monoisotopic (exact) mass is 275 g/mol. The Labute approximate surface area is 116 Å². The van der Waals surface area contributed by atoms with Gasteiger partial charge in [-0.25, -0.2) is 4.68 Å². The predicted molar refractivity (Wildman–Crippen MR) is 75.3 cm³/mol. The van der Waals surface area contributed by atoms with E-state index in [0.29, 0.717) is 5.39 Å². The summed E-state index contributed by atoms with van der Waals surface area (Å²) in [4.78, 5) is 25.6. The van der Waals surface area contributed by atoms with Gasteiger partial charge in [-0.1, -0.05) is 18.2 Å². The van der Waals surface area contributed by atoms with Crippen LogP contribution < -0.4 is 5.56 Å². The van der Waals surface area contributed by atoms with Crippen molar-refractivity contribution in [3.8, 4) is 0 Å². The first-order chi connectivity index (χ1) is 9.54. The molecule has 1 aromatic carbocycles. The largest absolute Gasteiger partial charge is 0.394 e. The molecule has 0 fully saturated rings. The molecule has 0 saturated heterocycles. The average molecular weight is 275 g/mol. The van der Waals surface area contributed by atoms with Crippen LogP contribution >= 0.6 is 0 Å². The summed E-state index contributed by atoms with van der Waals surface area (Å²) in [5.74, 6) is -0.267. The molecule has 1 atom stereocenters. The molecule has 1 heterocycles. The molecule has 6 nitrogen and oxygen atoms in total. The number of carbonyl (C=O) groups is 1. The van der Waals surface area contributed by atoms with Crippen molar-refractivity contribution in [2.24, 2.45) is 0 Å². The van der Waals surface area contributed by atoms with Gasteiger partial charge in [0.15, 0.2) is 0 Å². The van der Waals surface area contributed by atoms with E-state index in [1.54, 1.807) is 38.4 Å². The Morgan fingerprint density at radius 2 is 2.15 bits per heavy atom. The maximum absolute atomic E-state index is 12.2. The Kier molecular flexibility index (Phi) is 4.14. The van der Waals surface area contributed by atoms with Crippen molar-refractivity contribution in [1.29, 1.82) is 0 Å². The fraction of sp³-hybridized carbons (Fsp3) is 0.357. The molecule has 0 saturated carbocycles. The van der Waals surface area contributed by atoms with Gasteiger partial charge >= 0.3 is 0 Å². The number of hydrogen-bond donors (Lipinski definition) is 1. The smallest absolute Gasteiger partial charge is 0.275 e. The zero-order valence-corrected chi connectivity index (χ0v) is 11.5. The standard InChI is InChI=1S/C14H17N3O3/c1-10(9-18)16(2)13(19)8-17-14(20)12-6-4-3-5-11(12)7-15-17/h3-7,10,18H,8-9H2,1-2H3. The number of amides is 1. The summed E-state index contributed by atoms with van der Waals surface area (Å²) in [6.07, 6.45) is 1.57. The number of rotatable bonds is 4. The lowest BCUT2D eigenvalue weighted by Crippen LogP contribution is -2.41. The van der Waals surface area contributed by atoms with Crippen molar-refractivity contribution in [2.75, 3.05) is 13.7 Å². The van der Waals surface area contributed by atoms with E-state index in [2.05, 4.69) is 5.10 Å². The third-order valence-electron chi connectivity index (χ3n) is 3.37. The number of aromatic nitrogens is 2. The lowest BCUT2D eigenvalue weighted by Gasteiger charge is -2.23. The summed E-state index contributed by atoms with van der Waals surface area (Å²) in [7, 11) is 1.59. The van der Waals surface area contributed by atoms with Crippen molar-refractivity contribution in [3.05, 3.63) is 40.8 Å². The van der Waals surface area contributed by atoms with Gasteiger partial charge in [-0.15, -0.1) is 0 Å². The minimum atomic E-state index is -0.293. The minimum Gasteiger partial charge on any atom is -0.394 e. The summed E-state index contributed by atoms with van der Waals surface area (Å²) >= 11 is 0. The highest BCUT2D eigenvalue weighted by Gasteiger charge is 2.16. The molecule has 2 aromatic rings. The molecule has 6 heteroatoms. The first kappa shape index (κ1) is 14.2. The van der Waals surface area contributed by atoms with E-state index in [4.69, 9.17) is 5.11 Å². The van der Waals surface area contributed by atoms with Gasteiger partial charge in [0.1, 0.15) is 6.54 Å². The molecule has 1 aromatic heterocycles. The summed E-state index contributed by atoms with van der Waals surface area (Å²) in [5, 5.41) is 14.3. The first-order valence-electron chi connectivity index (χ1n) is 6.36. The third kappa shape index (κ3) is 2.70. The molecule has 1 unspecified atom stereocenters. The molecule has 20 heavy (non-hydrogen) atoms. The Morgan fingerprint density at radius 1 is 1.45 bits per heavy atom. The number of hydrogen-bond acceptors (Lipinski definition) is 4. The topological polar surface area (TPSA) is 75.4 Å². The van der Waals surface area contributed by atoms with Crippen molar-refractivity contribution in [1.82, 2.24) is 14.7 Å². The highest BCUT2D eigenvalue weighted by molar-refractivity contribution is 5.81. The van der Waals surface area contributed by atoms with Gasteiger partial charge < -0.3 is 10.0 Å². The number of aliphatic hydroxyl groups is 1. The quantitative estimate of drug-likeness (QED) is 0.867. The Bertz CT molecular complexity index is 681. The maximum Gasteiger partial charge on any atom is 0.275 e. The normalized spacial score (nSPS) is 12.3. The number of aliphatic hydroxyl groups excluding tert-OH is 1. The molecule has 106 valence electrons. The van der Waals surface area contributed by atoms with Crippen LogP contribution in [0.15, 0.2) is 35.3 Å². The van der Waals surface area contributed by atoms with E-state index < -0.39 is 0 Å². The van der Waals surface area contributed by atoms with Crippen LogP contribution in [0.5, 0.6) is 0 Å². The molecule has 1 amide bonds. The van der Waals surface area contributed by atoms with Crippen molar-refractivity contribution >= 4 is 16.7 Å². The second-order valence-electron chi connectivity index (χ2n) is 4.73. The minimum absolute atomic E-state index is 0.123. The fourth-order valence-electron chi connectivity index (χ4n) is 1.85. The molecule has 0 aliphatic carbocycles. The number of likely N-dealkylation sites (N-methyl/N-ethyl adjacent to an activating group) is 1. The molecule has 0 aliphatic rings. The highest BCUT2D eigenvalue weighted by atomic mass is 16.3. The molecule has 0 bridgehead atoms. The van der Waals surface area contributed by atoms with E-state index in [1.807, 2.05) is 6.07 Å². The molecule has 0 radical (unpaired) electrons. The van der Waals surface area contributed by atoms with E-state index >= 15 is 0 Å². The average Bonchev–Trinajstić information content (AvgIpc) is 2.48. The van der Waals surface area contributed by atoms with Gasteiger partial charge in [0.2, 0.25) is 5.91 Å². The summed E-state index contributed by atoms with van der Waals surface area (Å²) in [6, 6.07) is 6.82. The molecule has 1 N–H and O–H groups in total. The van der Waals surface area contributed by atoms with Crippen LogP contribution in [0.4, 0.5) is 0 Å². The van der Waals surface area contributed by atoms with E-state index in [1.165, 1.54) is 4.90 Å². The number of fused-ring (bicyclic) bond motifs is 1. The molecular weight excluding hydrogens is 258 g/mol. The van der Waals surface area contributed by atoms with E-state index in [9.17, 15) is 9.59 Å².